The van der Waals surface area contributed by atoms with Crippen molar-refractivity contribution in [2.45, 2.75) is 6.92 Å². The third kappa shape index (κ3) is 3.21. The number of aldehydes is 1. The van der Waals surface area contributed by atoms with Crippen LogP contribution in [0.25, 0.3) is 50.9 Å². The number of hydrogen-bond donors (Lipinski definition) is 0. The Bertz CT molecular complexity index is 1470. The van der Waals surface area contributed by atoms with Crippen molar-refractivity contribution in [2.75, 3.05) is 0 Å². The maximum absolute atomic E-state index is 12.6. The van der Waals surface area contributed by atoms with E-state index in [9.17, 15) is 9.59 Å². The van der Waals surface area contributed by atoms with Gasteiger partial charge in [-0.25, -0.2) is 0 Å². The molecule has 0 heterocycles. The second-order valence-corrected chi connectivity index (χ2v) is 7.93. The summed E-state index contributed by atoms with van der Waals surface area (Å²) < 4.78 is 0. The minimum absolute atomic E-state index is 0.370. The summed E-state index contributed by atoms with van der Waals surface area (Å²) in [6, 6.07) is 15.1. The van der Waals surface area contributed by atoms with Crippen LogP contribution in [0.15, 0.2) is 68.3 Å². The van der Waals surface area contributed by atoms with E-state index in [1.807, 2.05) is 55.5 Å². The summed E-state index contributed by atoms with van der Waals surface area (Å²) in [5.74, 6) is 0. The molecule has 0 aromatic heterocycles. The van der Waals surface area contributed by atoms with E-state index in [1.165, 1.54) is 0 Å². The van der Waals surface area contributed by atoms with Gasteiger partial charge in [0.15, 0.2) is 6.29 Å². The Morgan fingerprint density at radius 1 is 0.812 bits per heavy atom. The molecule has 0 unspecified atom stereocenters. The molecule has 0 fully saturated rings. The molecule has 4 aromatic carbocycles. The Labute approximate surface area is 192 Å². The Hall–Kier alpha value is -3.75. The van der Waals surface area contributed by atoms with Crippen LogP contribution in [0.2, 0.25) is 0 Å². The molecule has 0 amide bonds. The van der Waals surface area contributed by atoms with E-state index in [1.54, 1.807) is 18.2 Å². The molecule has 0 atom stereocenters. The van der Waals surface area contributed by atoms with Crippen molar-refractivity contribution in [3.05, 3.63) is 102 Å². The minimum atomic E-state index is -0.579. The van der Waals surface area contributed by atoms with Gasteiger partial charge in [-0.05, 0) is 73.5 Å². The van der Waals surface area contributed by atoms with Crippen LogP contribution >= 0.6 is 11.6 Å². The van der Waals surface area contributed by atoms with Crippen LogP contribution in [0.3, 0.4) is 0 Å². The third-order valence-corrected chi connectivity index (χ3v) is 6.13. The van der Waals surface area contributed by atoms with Crippen molar-refractivity contribution in [1.82, 2.24) is 0 Å². The van der Waals surface area contributed by atoms with Gasteiger partial charge in [0, 0.05) is 11.1 Å². The lowest BCUT2D eigenvalue weighted by molar-refractivity contribution is 0.108. The zero-order valence-electron chi connectivity index (χ0n) is 17.7. The maximum atomic E-state index is 12.6. The Morgan fingerprint density at radius 2 is 1.50 bits per heavy atom. The molecular weight excluding hydrogens is 416 g/mol. The second kappa shape index (κ2) is 8.41. The highest BCUT2D eigenvalue weighted by Crippen LogP contribution is 2.41. The monoisotopic (exact) mass is 436 g/mol. The van der Waals surface area contributed by atoms with Gasteiger partial charge < -0.3 is 0 Å². The molecule has 156 valence electrons. The first-order valence-corrected chi connectivity index (χ1v) is 10.5. The number of aryl methyl sites for hydroxylation is 1. The number of benzene rings is 4. The molecule has 0 saturated carbocycles. The van der Waals surface area contributed by atoms with Gasteiger partial charge in [-0.15, -0.1) is 0 Å². The molecule has 0 aliphatic heterocycles. The molecule has 0 saturated heterocycles. The van der Waals surface area contributed by atoms with E-state index in [2.05, 4.69) is 19.7 Å². The first-order chi connectivity index (χ1) is 15.5. The maximum Gasteiger partial charge on any atom is 0.253 e. The number of halogens is 1. The van der Waals surface area contributed by atoms with Crippen LogP contribution < -0.4 is 0 Å². The fourth-order valence-corrected chi connectivity index (χ4v) is 4.75. The standard InChI is InChI=1S/C29H21ClO2/c1-5-18-11-12-19(6-2)27-21(7-3)25(15-17(4)26(18)27)24-14-13-22-20(16-31)9-8-10-23(22)28(24)29(30)32/h5-16H,1-3H2,4H3. The molecule has 4 aromatic rings. The van der Waals surface area contributed by atoms with Crippen LogP contribution in [0, 0.1) is 6.92 Å². The van der Waals surface area contributed by atoms with Gasteiger partial charge in [0.05, 0.1) is 0 Å². The number of carbonyl (C=O) groups is 2. The summed E-state index contributed by atoms with van der Waals surface area (Å²) >= 11 is 6.11. The molecule has 0 radical (unpaired) electrons. The molecule has 3 heteroatoms. The van der Waals surface area contributed by atoms with E-state index in [-0.39, 0.29) is 0 Å². The molecule has 2 nitrogen and oxygen atoms in total. The van der Waals surface area contributed by atoms with Crippen molar-refractivity contribution in [1.29, 1.82) is 0 Å². The number of rotatable bonds is 6. The Balaban J connectivity index is 2.22. The largest absolute Gasteiger partial charge is 0.298 e. The van der Waals surface area contributed by atoms with Gasteiger partial charge in [-0.3, -0.25) is 9.59 Å². The zero-order valence-corrected chi connectivity index (χ0v) is 18.5. The average Bonchev–Trinajstić information content (AvgIpc) is 2.81. The van der Waals surface area contributed by atoms with E-state index in [0.717, 1.165) is 44.9 Å². The zero-order chi connectivity index (χ0) is 23.0. The summed E-state index contributed by atoms with van der Waals surface area (Å²) in [6.07, 6.45) is 6.23. The van der Waals surface area contributed by atoms with Gasteiger partial charge in [0.1, 0.15) is 0 Å². The molecule has 0 spiro atoms. The lowest BCUT2D eigenvalue weighted by Gasteiger charge is -2.19. The molecule has 0 aliphatic rings. The number of fused-ring (bicyclic) bond motifs is 2. The van der Waals surface area contributed by atoms with Gasteiger partial charge in [-0.1, -0.05) is 86.5 Å². The van der Waals surface area contributed by atoms with Crippen molar-refractivity contribution in [2.24, 2.45) is 0 Å². The molecule has 4 rings (SSSR count). The Morgan fingerprint density at radius 3 is 2.09 bits per heavy atom. The van der Waals surface area contributed by atoms with E-state index in [4.69, 9.17) is 11.6 Å². The lowest BCUT2D eigenvalue weighted by Crippen LogP contribution is -2.00. The van der Waals surface area contributed by atoms with Gasteiger partial charge in [0.2, 0.25) is 0 Å². The topological polar surface area (TPSA) is 34.1 Å². The quantitative estimate of drug-likeness (QED) is 0.226. The highest BCUT2D eigenvalue weighted by molar-refractivity contribution is 6.69. The smallest absolute Gasteiger partial charge is 0.253 e. The summed E-state index contributed by atoms with van der Waals surface area (Å²) in [5, 5.41) is 2.82. The first-order valence-electron chi connectivity index (χ1n) is 10.2. The molecule has 0 aliphatic carbocycles. The summed E-state index contributed by atoms with van der Waals surface area (Å²) in [6.45, 7) is 14.0. The number of hydrogen-bond acceptors (Lipinski definition) is 2. The highest BCUT2D eigenvalue weighted by atomic mass is 35.5. The molecule has 32 heavy (non-hydrogen) atoms. The summed E-state index contributed by atoms with van der Waals surface area (Å²) in [7, 11) is 0. The summed E-state index contributed by atoms with van der Waals surface area (Å²) in [5.41, 5.74) is 6.32. The second-order valence-electron chi connectivity index (χ2n) is 7.58. The van der Waals surface area contributed by atoms with Crippen molar-refractivity contribution < 1.29 is 9.59 Å². The lowest BCUT2D eigenvalue weighted by atomic mass is 9.84. The molecule has 0 N–H and O–H groups in total. The number of carbonyl (C=O) groups excluding carboxylic acids is 2. The van der Waals surface area contributed by atoms with E-state index in [0.29, 0.717) is 27.5 Å². The van der Waals surface area contributed by atoms with Gasteiger partial charge in [-0.2, -0.15) is 0 Å². The Kier molecular flexibility index (Phi) is 5.65. The van der Waals surface area contributed by atoms with Crippen LogP contribution in [-0.2, 0) is 0 Å². The van der Waals surface area contributed by atoms with Crippen LogP contribution in [0.4, 0.5) is 0 Å². The first kappa shape index (κ1) is 21.5. The van der Waals surface area contributed by atoms with Crippen molar-refractivity contribution >= 4 is 62.9 Å². The third-order valence-electron chi connectivity index (χ3n) is 5.94. The highest BCUT2D eigenvalue weighted by Gasteiger charge is 2.21. The van der Waals surface area contributed by atoms with Crippen LogP contribution in [0.5, 0.6) is 0 Å². The molecular formula is C29H21ClO2. The van der Waals surface area contributed by atoms with Crippen molar-refractivity contribution in [3.8, 4) is 11.1 Å². The van der Waals surface area contributed by atoms with Crippen molar-refractivity contribution in [3.63, 3.8) is 0 Å². The van der Waals surface area contributed by atoms with Gasteiger partial charge >= 0.3 is 0 Å². The van der Waals surface area contributed by atoms with E-state index >= 15 is 0 Å². The predicted molar refractivity (Wildman–Crippen MR) is 137 cm³/mol. The molecule has 0 bridgehead atoms. The fraction of sp³-hybridized carbons (Fsp3) is 0.0345. The van der Waals surface area contributed by atoms with E-state index < -0.39 is 5.24 Å². The fourth-order valence-electron chi connectivity index (χ4n) is 4.55. The average molecular weight is 437 g/mol. The SMILES string of the molecule is C=Cc1ccc(C=C)c2c(C=C)c(-c3ccc4c(C=O)cccc4c3C(=O)Cl)cc(C)c12. The minimum Gasteiger partial charge on any atom is -0.298 e. The van der Waals surface area contributed by atoms with Crippen LogP contribution in [-0.4, -0.2) is 11.5 Å². The van der Waals surface area contributed by atoms with Gasteiger partial charge in [0.25, 0.3) is 5.24 Å². The summed E-state index contributed by atoms with van der Waals surface area (Å²) in [4.78, 5) is 24.2. The normalized spacial score (nSPS) is 10.8. The predicted octanol–water partition coefficient (Wildman–Crippen LogP) is 8.09. The van der Waals surface area contributed by atoms with Crippen LogP contribution in [0.1, 0.15) is 43.0 Å².